The summed E-state index contributed by atoms with van der Waals surface area (Å²) in [5.74, 6) is -0.0279. The molecule has 110 valence electrons. The van der Waals surface area contributed by atoms with Crippen LogP contribution < -0.4 is 15.8 Å². The number of amides is 1. The van der Waals surface area contributed by atoms with E-state index in [2.05, 4.69) is 5.32 Å². The van der Waals surface area contributed by atoms with Crippen LogP contribution in [0.15, 0.2) is 18.2 Å². The van der Waals surface area contributed by atoms with Gasteiger partial charge in [0, 0.05) is 12.1 Å². The summed E-state index contributed by atoms with van der Waals surface area (Å²) < 4.78 is 5.56. The topological polar surface area (TPSA) is 107 Å². The number of primary amides is 1. The molecule has 0 saturated heterocycles. The lowest BCUT2D eigenvalue weighted by Gasteiger charge is -2.27. The summed E-state index contributed by atoms with van der Waals surface area (Å²) in [7, 11) is 0. The third-order valence-corrected chi connectivity index (χ3v) is 3.00. The average molecular weight is 281 g/mol. The molecule has 0 radical (unpaired) electrons. The highest BCUT2D eigenvalue weighted by Crippen LogP contribution is 2.24. The van der Waals surface area contributed by atoms with Crippen LogP contribution in [0.2, 0.25) is 0 Å². The molecular weight excluding hydrogens is 262 g/mol. The summed E-state index contributed by atoms with van der Waals surface area (Å²) in [5, 5.41) is 13.6. The van der Waals surface area contributed by atoms with Crippen LogP contribution in [-0.4, -0.2) is 29.5 Å². The van der Waals surface area contributed by atoms with Crippen LogP contribution in [0, 0.1) is 17.0 Å². The molecule has 7 heteroatoms. The number of carbonyl (C=O) groups excluding carboxylic acids is 1. The summed E-state index contributed by atoms with van der Waals surface area (Å²) in [6.07, 6.45) is 0. The van der Waals surface area contributed by atoms with Gasteiger partial charge in [-0.15, -0.1) is 0 Å². The summed E-state index contributed by atoms with van der Waals surface area (Å²) >= 11 is 0. The van der Waals surface area contributed by atoms with Gasteiger partial charge in [0.05, 0.1) is 4.92 Å². The fourth-order valence-electron chi connectivity index (χ4n) is 1.73. The average Bonchev–Trinajstić information content (AvgIpc) is 2.37. The van der Waals surface area contributed by atoms with Crippen molar-refractivity contribution in [3.8, 4) is 5.75 Å². The Bertz CT molecular complexity index is 518. The maximum Gasteiger partial charge on any atom is 0.269 e. The SMILES string of the molecule is CCNC(C)(COc1ccc([N+](=O)[O-])cc1C)C(N)=O. The number of non-ortho nitro benzene ring substituents is 1. The molecule has 3 N–H and O–H groups in total. The summed E-state index contributed by atoms with van der Waals surface area (Å²) in [6, 6.07) is 4.29. The van der Waals surface area contributed by atoms with Crippen LogP contribution in [-0.2, 0) is 4.79 Å². The zero-order valence-electron chi connectivity index (χ0n) is 11.8. The molecule has 0 aliphatic heterocycles. The molecule has 0 aliphatic carbocycles. The predicted octanol–water partition coefficient (Wildman–Crippen LogP) is 1.14. The number of benzene rings is 1. The van der Waals surface area contributed by atoms with Gasteiger partial charge in [-0.3, -0.25) is 14.9 Å². The lowest BCUT2D eigenvalue weighted by molar-refractivity contribution is -0.384. The van der Waals surface area contributed by atoms with Crippen molar-refractivity contribution in [3.05, 3.63) is 33.9 Å². The van der Waals surface area contributed by atoms with Gasteiger partial charge >= 0.3 is 0 Å². The Morgan fingerprint density at radius 1 is 1.55 bits per heavy atom. The molecule has 20 heavy (non-hydrogen) atoms. The number of likely N-dealkylation sites (N-methyl/N-ethyl adjacent to an activating group) is 1. The highest BCUT2D eigenvalue weighted by molar-refractivity contribution is 5.84. The minimum absolute atomic E-state index is 0.000744. The molecule has 1 unspecified atom stereocenters. The van der Waals surface area contributed by atoms with Crippen LogP contribution in [0.3, 0.4) is 0 Å². The molecule has 0 spiro atoms. The number of nitrogens with zero attached hydrogens (tertiary/aromatic N) is 1. The number of rotatable bonds is 7. The van der Waals surface area contributed by atoms with Crippen molar-refractivity contribution in [2.45, 2.75) is 26.3 Å². The van der Waals surface area contributed by atoms with E-state index in [1.54, 1.807) is 13.8 Å². The Morgan fingerprint density at radius 2 is 2.20 bits per heavy atom. The molecule has 0 saturated carbocycles. The lowest BCUT2D eigenvalue weighted by atomic mass is 10.0. The van der Waals surface area contributed by atoms with Gasteiger partial charge in [-0.2, -0.15) is 0 Å². The van der Waals surface area contributed by atoms with Crippen LogP contribution in [0.4, 0.5) is 5.69 Å². The maximum atomic E-state index is 11.5. The zero-order chi connectivity index (χ0) is 15.3. The third kappa shape index (κ3) is 3.67. The molecule has 1 atom stereocenters. The molecule has 0 heterocycles. The molecule has 7 nitrogen and oxygen atoms in total. The van der Waals surface area contributed by atoms with E-state index in [1.807, 2.05) is 6.92 Å². The van der Waals surface area contributed by atoms with Crippen LogP contribution >= 0.6 is 0 Å². The second-order valence-electron chi connectivity index (χ2n) is 4.72. The second kappa shape index (κ2) is 6.33. The predicted molar refractivity (Wildman–Crippen MR) is 74.6 cm³/mol. The molecule has 1 rings (SSSR count). The summed E-state index contributed by atoms with van der Waals surface area (Å²) in [4.78, 5) is 21.6. The minimum atomic E-state index is -0.983. The molecule has 1 aromatic rings. The van der Waals surface area contributed by atoms with E-state index in [1.165, 1.54) is 18.2 Å². The number of nitrogens with one attached hydrogen (secondary N) is 1. The van der Waals surface area contributed by atoms with E-state index in [9.17, 15) is 14.9 Å². The standard InChI is InChI=1S/C13H19N3O4/c1-4-15-13(3,12(14)17)8-20-11-6-5-10(16(18)19)7-9(11)2/h5-7,15H,4,8H2,1-3H3,(H2,14,17). The summed E-state index contributed by atoms with van der Waals surface area (Å²) in [6.45, 7) is 5.84. The Labute approximate surface area is 117 Å². The summed E-state index contributed by atoms with van der Waals surface area (Å²) in [5.41, 5.74) is 5.00. The smallest absolute Gasteiger partial charge is 0.269 e. The highest BCUT2D eigenvalue weighted by Gasteiger charge is 2.31. The zero-order valence-corrected chi connectivity index (χ0v) is 11.8. The fraction of sp³-hybridized carbons (Fsp3) is 0.462. The van der Waals surface area contributed by atoms with Gasteiger partial charge in [0.25, 0.3) is 5.69 Å². The Hall–Kier alpha value is -2.15. The molecule has 0 aromatic heterocycles. The van der Waals surface area contributed by atoms with Gasteiger partial charge in [-0.1, -0.05) is 6.92 Å². The normalized spacial score (nSPS) is 13.6. The molecule has 1 aromatic carbocycles. The number of hydrogen-bond donors (Lipinski definition) is 2. The van der Waals surface area contributed by atoms with Crippen LogP contribution in [0.25, 0.3) is 0 Å². The lowest BCUT2D eigenvalue weighted by Crippen LogP contribution is -2.57. The quantitative estimate of drug-likeness (QED) is 0.575. The second-order valence-corrected chi connectivity index (χ2v) is 4.72. The van der Waals surface area contributed by atoms with E-state index >= 15 is 0 Å². The van der Waals surface area contributed by atoms with Gasteiger partial charge in [0.15, 0.2) is 0 Å². The van der Waals surface area contributed by atoms with E-state index in [-0.39, 0.29) is 12.3 Å². The van der Waals surface area contributed by atoms with E-state index in [4.69, 9.17) is 10.5 Å². The first kappa shape index (κ1) is 15.9. The monoisotopic (exact) mass is 281 g/mol. The Morgan fingerprint density at radius 3 is 2.65 bits per heavy atom. The number of nitrogens with two attached hydrogens (primary N) is 1. The Balaban J connectivity index is 2.84. The number of carbonyl (C=O) groups is 1. The molecular formula is C13H19N3O4. The first-order valence-electron chi connectivity index (χ1n) is 6.23. The van der Waals surface area contributed by atoms with E-state index in [0.29, 0.717) is 17.9 Å². The largest absolute Gasteiger partial charge is 0.491 e. The number of nitro benzene ring substituents is 1. The maximum absolute atomic E-state index is 11.5. The Kier molecular flexibility index (Phi) is 5.04. The molecule has 0 bridgehead atoms. The third-order valence-electron chi connectivity index (χ3n) is 3.00. The number of hydrogen-bond acceptors (Lipinski definition) is 5. The first-order valence-corrected chi connectivity index (χ1v) is 6.23. The highest BCUT2D eigenvalue weighted by atomic mass is 16.6. The number of nitro groups is 1. The molecule has 0 fully saturated rings. The van der Waals surface area contributed by atoms with Gasteiger partial charge < -0.3 is 15.8 Å². The first-order chi connectivity index (χ1) is 9.30. The van der Waals surface area contributed by atoms with Crippen molar-refractivity contribution >= 4 is 11.6 Å². The van der Waals surface area contributed by atoms with Crippen molar-refractivity contribution in [2.75, 3.05) is 13.2 Å². The van der Waals surface area contributed by atoms with Crippen molar-refractivity contribution in [1.29, 1.82) is 0 Å². The van der Waals surface area contributed by atoms with Crippen molar-refractivity contribution in [1.82, 2.24) is 5.32 Å². The van der Waals surface area contributed by atoms with Gasteiger partial charge in [-0.25, -0.2) is 0 Å². The van der Waals surface area contributed by atoms with E-state index in [0.717, 1.165) is 0 Å². The van der Waals surface area contributed by atoms with Crippen LogP contribution in [0.5, 0.6) is 5.75 Å². The van der Waals surface area contributed by atoms with Gasteiger partial charge in [0.1, 0.15) is 17.9 Å². The van der Waals surface area contributed by atoms with Crippen molar-refractivity contribution < 1.29 is 14.5 Å². The molecule has 1 amide bonds. The van der Waals surface area contributed by atoms with Gasteiger partial charge in [0.2, 0.25) is 5.91 Å². The number of ether oxygens (including phenoxy) is 1. The minimum Gasteiger partial charge on any atom is -0.491 e. The van der Waals surface area contributed by atoms with Crippen molar-refractivity contribution in [2.24, 2.45) is 5.73 Å². The van der Waals surface area contributed by atoms with Crippen molar-refractivity contribution in [3.63, 3.8) is 0 Å². The van der Waals surface area contributed by atoms with Crippen LogP contribution in [0.1, 0.15) is 19.4 Å². The van der Waals surface area contributed by atoms with E-state index < -0.39 is 16.4 Å². The fourth-order valence-corrected chi connectivity index (χ4v) is 1.73. The molecule has 0 aliphatic rings. The number of aryl methyl sites for hydroxylation is 1. The van der Waals surface area contributed by atoms with Gasteiger partial charge in [-0.05, 0) is 32.0 Å².